The summed E-state index contributed by atoms with van der Waals surface area (Å²) in [5, 5.41) is 0. The summed E-state index contributed by atoms with van der Waals surface area (Å²) in [6.07, 6.45) is 85.7. The zero-order chi connectivity index (χ0) is 58.5. The lowest BCUT2D eigenvalue weighted by Gasteiger charge is -2.18. The van der Waals surface area contributed by atoms with E-state index in [4.69, 9.17) is 14.2 Å². The van der Waals surface area contributed by atoms with E-state index in [1.165, 1.54) is 321 Å². The number of hydrogen-bond donors (Lipinski definition) is 0. The molecule has 480 valence electrons. The van der Waals surface area contributed by atoms with Crippen LogP contribution in [-0.4, -0.2) is 37.2 Å². The molecule has 0 N–H and O–H groups in total. The van der Waals surface area contributed by atoms with Gasteiger partial charge in [0.05, 0.1) is 0 Å². The van der Waals surface area contributed by atoms with Crippen LogP contribution in [0, 0.1) is 0 Å². The third-order valence-corrected chi connectivity index (χ3v) is 17.3. The van der Waals surface area contributed by atoms with Gasteiger partial charge in [-0.1, -0.05) is 386 Å². The van der Waals surface area contributed by atoms with Gasteiger partial charge in [0.1, 0.15) is 13.2 Å². The van der Waals surface area contributed by atoms with Crippen molar-refractivity contribution < 1.29 is 28.6 Å². The Kier molecular flexibility index (Phi) is 69.0. The Hall–Kier alpha value is -1.85. The highest BCUT2D eigenvalue weighted by Gasteiger charge is 2.20. The van der Waals surface area contributed by atoms with Gasteiger partial charge in [-0.15, -0.1) is 0 Å². The fourth-order valence-electron chi connectivity index (χ4n) is 11.7. The Bertz CT molecular complexity index is 1260. The fourth-order valence-corrected chi connectivity index (χ4v) is 11.7. The van der Waals surface area contributed by atoms with Crippen LogP contribution in [0.2, 0.25) is 0 Å². The quantitative estimate of drug-likeness (QED) is 0.0261. The van der Waals surface area contributed by atoms with Crippen molar-refractivity contribution in [3.8, 4) is 0 Å². The van der Waals surface area contributed by atoms with E-state index >= 15 is 0 Å². The highest BCUT2D eigenvalue weighted by Crippen LogP contribution is 2.20. The maximum Gasteiger partial charge on any atom is 0.306 e. The van der Waals surface area contributed by atoms with Crippen molar-refractivity contribution in [3.05, 3.63) is 12.2 Å². The third-order valence-electron chi connectivity index (χ3n) is 17.3. The van der Waals surface area contributed by atoms with E-state index in [1.807, 2.05) is 0 Å². The molecule has 0 saturated heterocycles. The molecule has 0 aromatic carbocycles. The summed E-state index contributed by atoms with van der Waals surface area (Å²) in [4.78, 5) is 38.3. The van der Waals surface area contributed by atoms with Crippen molar-refractivity contribution in [1.29, 1.82) is 0 Å². The molecule has 0 amide bonds. The summed E-state index contributed by atoms with van der Waals surface area (Å²) < 4.78 is 17.0. The largest absolute Gasteiger partial charge is 0.462 e. The Morgan fingerprint density at radius 3 is 0.667 bits per heavy atom. The molecule has 0 aliphatic heterocycles. The van der Waals surface area contributed by atoms with Gasteiger partial charge in [0.2, 0.25) is 0 Å². The van der Waals surface area contributed by atoms with Crippen molar-refractivity contribution in [1.82, 2.24) is 0 Å². The van der Waals surface area contributed by atoms with Gasteiger partial charge in [0, 0.05) is 19.3 Å². The number of ether oxygens (including phenoxy) is 3. The number of unbranched alkanes of at least 4 members (excludes halogenated alkanes) is 57. The van der Waals surface area contributed by atoms with Crippen LogP contribution in [0.25, 0.3) is 0 Å². The fraction of sp³-hybridized carbons (Fsp3) is 0.933. The summed E-state index contributed by atoms with van der Waals surface area (Å²) in [5.41, 5.74) is 0. The summed E-state index contributed by atoms with van der Waals surface area (Å²) in [6, 6.07) is 0. The van der Waals surface area contributed by atoms with Crippen LogP contribution in [0.4, 0.5) is 0 Å². The Balaban J connectivity index is 4.05. The second kappa shape index (κ2) is 70.6. The summed E-state index contributed by atoms with van der Waals surface area (Å²) in [5.74, 6) is -0.843. The SMILES string of the molecule is CCC/C=C\CCCCCCCC(=O)OCC(COC(=O)CCCCCCCCCCCCCCCCCCCCCCCCCCCCCCCCC)OC(=O)CCCCCCCCCCCCCCCCCCCCCCCC. The van der Waals surface area contributed by atoms with Crippen molar-refractivity contribution >= 4 is 17.9 Å². The molecule has 0 aliphatic carbocycles. The molecule has 0 saturated carbocycles. The second-order valence-electron chi connectivity index (χ2n) is 25.6. The summed E-state index contributed by atoms with van der Waals surface area (Å²) in [7, 11) is 0. The van der Waals surface area contributed by atoms with E-state index in [9.17, 15) is 14.4 Å². The molecule has 0 aromatic heterocycles. The first kappa shape index (κ1) is 79.2. The molecule has 6 heteroatoms. The van der Waals surface area contributed by atoms with E-state index in [0.29, 0.717) is 19.3 Å². The number of hydrogen-bond acceptors (Lipinski definition) is 6. The first-order valence-electron chi connectivity index (χ1n) is 37.2. The van der Waals surface area contributed by atoms with Crippen molar-refractivity contribution in [2.75, 3.05) is 13.2 Å². The van der Waals surface area contributed by atoms with Crippen LogP contribution in [0.15, 0.2) is 12.2 Å². The van der Waals surface area contributed by atoms with Gasteiger partial charge in [-0.2, -0.15) is 0 Å². The van der Waals surface area contributed by atoms with Gasteiger partial charge in [-0.05, 0) is 38.5 Å². The van der Waals surface area contributed by atoms with E-state index in [2.05, 4.69) is 32.9 Å². The Labute approximate surface area is 507 Å². The smallest absolute Gasteiger partial charge is 0.306 e. The predicted molar refractivity (Wildman–Crippen MR) is 353 cm³/mol. The molecule has 0 aromatic rings. The number of esters is 3. The van der Waals surface area contributed by atoms with E-state index in [-0.39, 0.29) is 31.1 Å². The zero-order valence-electron chi connectivity index (χ0n) is 55.4. The highest BCUT2D eigenvalue weighted by atomic mass is 16.6. The van der Waals surface area contributed by atoms with Crippen LogP contribution < -0.4 is 0 Å². The number of rotatable bonds is 70. The molecule has 0 heterocycles. The minimum atomic E-state index is -0.769. The molecule has 0 radical (unpaired) electrons. The second-order valence-corrected chi connectivity index (χ2v) is 25.6. The Morgan fingerprint density at radius 2 is 0.432 bits per heavy atom. The first-order valence-corrected chi connectivity index (χ1v) is 37.2. The monoisotopic (exact) mass is 1140 g/mol. The highest BCUT2D eigenvalue weighted by molar-refractivity contribution is 5.71. The van der Waals surface area contributed by atoms with Gasteiger partial charge < -0.3 is 14.2 Å². The van der Waals surface area contributed by atoms with Gasteiger partial charge >= 0.3 is 17.9 Å². The molecular formula is C75H144O6. The van der Waals surface area contributed by atoms with Crippen molar-refractivity contribution in [3.63, 3.8) is 0 Å². The molecule has 6 nitrogen and oxygen atoms in total. The number of carbonyl (C=O) groups excluding carboxylic acids is 3. The lowest BCUT2D eigenvalue weighted by molar-refractivity contribution is -0.167. The van der Waals surface area contributed by atoms with Crippen molar-refractivity contribution in [2.24, 2.45) is 0 Å². The molecule has 0 bridgehead atoms. The molecule has 0 fully saturated rings. The maximum atomic E-state index is 12.9. The van der Waals surface area contributed by atoms with Gasteiger partial charge in [-0.25, -0.2) is 0 Å². The Morgan fingerprint density at radius 1 is 0.235 bits per heavy atom. The molecule has 0 spiro atoms. The molecule has 1 atom stereocenters. The first-order chi connectivity index (χ1) is 40.0. The normalized spacial score (nSPS) is 12.0. The lowest BCUT2D eigenvalue weighted by Crippen LogP contribution is -2.30. The minimum absolute atomic E-state index is 0.0659. The minimum Gasteiger partial charge on any atom is -0.462 e. The average Bonchev–Trinajstić information content (AvgIpc) is 3.47. The number of allylic oxidation sites excluding steroid dienone is 2. The van der Waals surface area contributed by atoms with Crippen LogP contribution >= 0.6 is 0 Å². The van der Waals surface area contributed by atoms with Gasteiger partial charge in [-0.3, -0.25) is 14.4 Å². The van der Waals surface area contributed by atoms with Crippen LogP contribution in [0.5, 0.6) is 0 Å². The van der Waals surface area contributed by atoms with Crippen LogP contribution in [-0.2, 0) is 28.6 Å². The van der Waals surface area contributed by atoms with Crippen LogP contribution in [0.3, 0.4) is 0 Å². The van der Waals surface area contributed by atoms with Gasteiger partial charge in [0.25, 0.3) is 0 Å². The zero-order valence-corrected chi connectivity index (χ0v) is 55.4. The molecule has 0 aliphatic rings. The standard InChI is InChI=1S/C75H144O6/c1-4-7-10-13-16-19-22-24-26-28-30-32-34-35-36-37-38-39-40-41-42-44-45-47-49-51-53-56-59-62-65-68-74(77)80-71-72(70-79-73(76)67-64-61-58-55-21-18-15-12-9-6-3)81-75(78)69-66-63-60-57-54-52-50-48-46-43-33-31-29-27-25-23-20-17-14-11-8-5-2/h12,15,72H,4-11,13-14,16-71H2,1-3H3/b15-12-. The van der Waals surface area contributed by atoms with E-state index in [0.717, 1.165) is 70.6 Å². The summed E-state index contributed by atoms with van der Waals surface area (Å²) in [6.45, 7) is 6.67. The topological polar surface area (TPSA) is 78.9 Å². The van der Waals surface area contributed by atoms with Crippen LogP contribution in [0.1, 0.15) is 432 Å². The molecule has 1 unspecified atom stereocenters. The lowest BCUT2D eigenvalue weighted by atomic mass is 10.0. The van der Waals surface area contributed by atoms with E-state index < -0.39 is 6.10 Å². The molecule has 81 heavy (non-hydrogen) atoms. The predicted octanol–water partition coefficient (Wildman–Crippen LogP) is 25.6. The number of carbonyl (C=O) groups is 3. The van der Waals surface area contributed by atoms with Gasteiger partial charge in [0.15, 0.2) is 6.10 Å². The molecular weight excluding hydrogens is 997 g/mol. The average molecular weight is 1140 g/mol. The summed E-state index contributed by atoms with van der Waals surface area (Å²) >= 11 is 0. The van der Waals surface area contributed by atoms with Crippen molar-refractivity contribution in [2.45, 2.75) is 438 Å². The van der Waals surface area contributed by atoms with E-state index in [1.54, 1.807) is 0 Å². The maximum absolute atomic E-state index is 12.9. The molecule has 0 rings (SSSR count). The third kappa shape index (κ3) is 68.8.